The Hall–Kier alpha value is -4.10. The Morgan fingerprint density at radius 2 is 1.38 bits per heavy atom. The summed E-state index contributed by atoms with van der Waals surface area (Å²) in [6.07, 6.45) is -9.91. The van der Waals surface area contributed by atoms with Crippen molar-refractivity contribution in [2.45, 2.75) is 69.1 Å². The van der Waals surface area contributed by atoms with Crippen LogP contribution >= 0.6 is 0 Å². The van der Waals surface area contributed by atoms with E-state index in [1.165, 1.54) is 14.1 Å². The Kier molecular flexibility index (Phi) is 11.9. The van der Waals surface area contributed by atoms with Gasteiger partial charge in [0.2, 0.25) is 10.0 Å². The topological polar surface area (TPSA) is 123 Å². The molecule has 55 heavy (non-hydrogen) atoms. The van der Waals surface area contributed by atoms with Gasteiger partial charge in [0.15, 0.2) is 6.10 Å². The normalized spacial score (nSPS) is 20.8. The summed E-state index contributed by atoms with van der Waals surface area (Å²) in [7, 11) is -3.32. The van der Waals surface area contributed by atoms with E-state index in [9.17, 15) is 49.1 Å². The van der Waals surface area contributed by atoms with E-state index in [1.54, 1.807) is 4.90 Å². The maximum absolute atomic E-state index is 14.0. The number of rotatable bonds is 7. The molecule has 2 aromatic carbocycles. The van der Waals surface area contributed by atoms with Crippen LogP contribution in [0, 0.1) is 0 Å². The van der Waals surface area contributed by atoms with E-state index >= 15 is 0 Å². The van der Waals surface area contributed by atoms with Gasteiger partial charge in [-0.25, -0.2) is 22.3 Å². The number of alkyl halides is 6. The molecule has 4 aliphatic heterocycles. The number of anilines is 1. The molecule has 0 aromatic heterocycles. The molecule has 0 saturated carbocycles. The Balaban J connectivity index is 1.14. The quantitative estimate of drug-likeness (QED) is 0.396. The number of fused-ring (bicyclic) bond motifs is 1. The summed E-state index contributed by atoms with van der Waals surface area (Å²) in [6, 6.07) is 8.11. The lowest BCUT2D eigenvalue weighted by molar-refractivity contribution is -0.143. The maximum Gasteiger partial charge on any atom is 0.416 e. The Labute approximate surface area is 315 Å². The number of piperidine rings is 2. The first-order chi connectivity index (χ1) is 25.9. The van der Waals surface area contributed by atoms with Crippen molar-refractivity contribution in [2.24, 2.45) is 0 Å². The fourth-order valence-corrected chi connectivity index (χ4v) is 8.75. The third kappa shape index (κ3) is 9.83. The lowest BCUT2D eigenvalue weighted by atomic mass is 9.99. The molecule has 4 amide bonds. The van der Waals surface area contributed by atoms with Gasteiger partial charge in [0.25, 0.3) is 5.91 Å². The number of carbonyl (C=O) groups is 3. The largest absolute Gasteiger partial charge is 0.436 e. The van der Waals surface area contributed by atoms with Crippen molar-refractivity contribution in [1.29, 1.82) is 0 Å². The summed E-state index contributed by atoms with van der Waals surface area (Å²) in [4.78, 5) is 47.2. The van der Waals surface area contributed by atoms with Crippen LogP contribution in [-0.4, -0.2) is 134 Å². The van der Waals surface area contributed by atoms with Crippen LogP contribution in [0.25, 0.3) is 0 Å². The first kappa shape index (κ1) is 40.6. The second-order valence-electron chi connectivity index (χ2n) is 14.5. The fourth-order valence-electron chi connectivity index (χ4n) is 7.88. The number of sulfonamides is 1. The summed E-state index contributed by atoms with van der Waals surface area (Å²) in [5, 5.41) is 2.92. The van der Waals surface area contributed by atoms with Crippen molar-refractivity contribution in [1.82, 2.24) is 23.9 Å². The van der Waals surface area contributed by atoms with E-state index in [0.717, 1.165) is 17.5 Å². The Morgan fingerprint density at radius 3 is 1.96 bits per heavy atom. The van der Waals surface area contributed by atoms with Gasteiger partial charge in [-0.1, -0.05) is 18.2 Å². The molecule has 3 saturated heterocycles. The number of halogens is 6. The minimum Gasteiger partial charge on any atom is -0.436 e. The highest BCUT2D eigenvalue weighted by Crippen LogP contribution is 2.37. The highest BCUT2D eigenvalue weighted by atomic mass is 32.2. The second kappa shape index (κ2) is 16.2. The zero-order valence-corrected chi connectivity index (χ0v) is 31.1. The van der Waals surface area contributed by atoms with Gasteiger partial charge in [0.05, 0.1) is 17.4 Å². The molecular formula is C36H44F6N6O6S. The number of ether oxygens (including phenoxy) is 1. The number of urea groups is 1. The number of likely N-dealkylation sites (tertiary alicyclic amines) is 1. The molecule has 0 unspecified atom stereocenters. The summed E-state index contributed by atoms with van der Waals surface area (Å²) < 4.78 is 113. The average molecular weight is 803 g/mol. The van der Waals surface area contributed by atoms with Gasteiger partial charge < -0.3 is 24.8 Å². The van der Waals surface area contributed by atoms with Crippen molar-refractivity contribution in [3.8, 4) is 0 Å². The number of piperazine rings is 1. The molecule has 0 bridgehead atoms. The molecule has 4 aliphatic rings. The molecule has 0 spiro atoms. The fraction of sp³-hybridized carbons (Fsp3) is 0.583. The SMILES string of the molecule is CS(=O)(=O)N1CCC(N2CCN(C(=O)[C@@H](Cc3cc(C(F)(F)F)cc(C(F)(F)F)c3)OC(=O)N3CCC(N4CCc5ccccc5NC4=O)CC3)CC2)CC1. The van der Waals surface area contributed by atoms with Crippen molar-refractivity contribution < 1.29 is 53.9 Å². The predicted octanol–water partition coefficient (Wildman–Crippen LogP) is 4.89. The van der Waals surface area contributed by atoms with E-state index < -0.39 is 63.6 Å². The molecule has 0 aliphatic carbocycles. The van der Waals surface area contributed by atoms with Crippen LogP contribution in [0.4, 0.5) is 41.6 Å². The van der Waals surface area contributed by atoms with Gasteiger partial charge in [-0.15, -0.1) is 0 Å². The Morgan fingerprint density at radius 1 is 0.800 bits per heavy atom. The van der Waals surface area contributed by atoms with E-state index in [1.807, 2.05) is 24.3 Å². The van der Waals surface area contributed by atoms with Crippen LogP contribution in [0.15, 0.2) is 42.5 Å². The molecular weight excluding hydrogens is 758 g/mol. The van der Waals surface area contributed by atoms with Crippen molar-refractivity contribution in [3.05, 3.63) is 64.7 Å². The summed E-state index contributed by atoms with van der Waals surface area (Å²) in [5.41, 5.74) is -1.85. The Bertz CT molecular complexity index is 1810. The minimum atomic E-state index is -5.11. The van der Waals surface area contributed by atoms with Crippen LogP contribution in [0.3, 0.4) is 0 Å². The van der Waals surface area contributed by atoms with Gasteiger partial charge in [0, 0.05) is 83.1 Å². The maximum atomic E-state index is 14.0. The zero-order chi connectivity index (χ0) is 39.7. The number of benzene rings is 2. The van der Waals surface area contributed by atoms with E-state index in [-0.39, 0.29) is 50.4 Å². The first-order valence-corrected chi connectivity index (χ1v) is 20.1. The smallest absolute Gasteiger partial charge is 0.416 e. The third-order valence-corrected chi connectivity index (χ3v) is 12.2. The van der Waals surface area contributed by atoms with Gasteiger partial charge in [-0.2, -0.15) is 26.3 Å². The monoisotopic (exact) mass is 802 g/mol. The van der Waals surface area contributed by atoms with E-state index in [2.05, 4.69) is 10.2 Å². The molecule has 2 aromatic rings. The highest BCUT2D eigenvalue weighted by Gasteiger charge is 2.40. The van der Waals surface area contributed by atoms with Crippen LogP contribution in [0.5, 0.6) is 0 Å². The van der Waals surface area contributed by atoms with Gasteiger partial charge in [-0.05, 0) is 67.5 Å². The van der Waals surface area contributed by atoms with Crippen molar-refractivity contribution in [3.63, 3.8) is 0 Å². The number of para-hydroxylation sites is 1. The number of hydrogen-bond donors (Lipinski definition) is 1. The average Bonchev–Trinajstić information content (AvgIpc) is 3.31. The van der Waals surface area contributed by atoms with Crippen LogP contribution in [0.1, 0.15) is 47.9 Å². The van der Waals surface area contributed by atoms with E-state index in [0.29, 0.717) is 77.0 Å². The standard InChI is InChI=1S/C36H44F6N6O6S/c1-55(52,53)47-13-9-28(10-14-47)44-16-18-45(19-17-44)32(49)31(22-24-20-26(35(37,38)39)23-27(21-24)36(40,41)42)54-34(51)46-11-7-29(8-12-46)48-15-6-25-4-2-3-5-30(25)43-33(48)50/h2-5,20-21,23,28-29,31H,6-19,22H2,1H3,(H,43,50)/t31-/m1/s1. The number of nitrogens with one attached hydrogen (secondary N) is 1. The van der Waals surface area contributed by atoms with Crippen LogP contribution in [0.2, 0.25) is 0 Å². The molecule has 302 valence electrons. The number of carbonyl (C=O) groups excluding carboxylic acids is 3. The predicted molar refractivity (Wildman–Crippen MR) is 188 cm³/mol. The zero-order valence-electron chi connectivity index (χ0n) is 30.2. The molecule has 4 heterocycles. The second-order valence-corrected chi connectivity index (χ2v) is 16.5. The molecule has 6 rings (SSSR count). The van der Waals surface area contributed by atoms with Crippen molar-refractivity contribution >= 4 is 33.7 Å². The van der Waals surface area contributed by atoms with Gasteiger partial charge in [-0.3, -0.25) is 9.69 Å². The molecule has 1 N–H and O–H groups in total. The highest BCUT2D eigenvalue weighted by molar-refractivity contribution is 7.88. The van der Waals surface area contributed by atoms with Crippen LogP contribution < -0.4 is 5.32 Å². The minimum absolute atomic E-state index is 0.000617. The molecule has 3 fully saturated rings. The number of amides is 4. The number of hydrogen-bond acceptors (Lipinski definition) is 7. The summed E-state index contributed by atoms with van der Waals surface area (Å²) in [5.74, 6) is -0.749. The first-order valence-electron chi connectivity index (χ1n) is 18.2. The van der Waals surface area contributed by atoms with E-state index in [4.69, 9.17) is 4.74 Å². The molecule has 0 radical (unpaired) electrons. The lowest BCUT2D eigenvalue weighted by Gasteiger charge is -2.43. The number of nitrogens with zero attached hydrogens (tertiary/aromatic N) is 5. The third-order valence-electron chi connectivity index (χ3n) is 10.9. The van der Waals surface area contributed by atoms with Crippen molar-refractivity contribution in [2.75, 3.05) is 70.5 Å². The lowest BCUT2D eigenvalue weighted by Crippen LogP contribution is -2.57. The molecule has 12 nitrogen and oxygen atoms in total. The molecule has 1 atom stereocenters. The van der Waals surface area contributed by atoms with Gasteiger partial charge >= 0.3 is 24.5 Å². The molecule has 19 heteroatoms. The summed E-state index contributed by atoms with van der Waals surface area (Å²) in [6.45, 7) is 2.53. The summed E-state index contributed by atoms with van der Waals surface area (Å²) >= 11 is 0. The van der Waals surface area contributed by atoms with Crippen LogP contribution in [-0.2, 0) is 44.7 Å². The van der Waals surface area contributed by atoms with Gasteiger partial charge in [0.1, 0.15) is 0 Å².